The molecule has 9 heteroatoms. The van der Waals surface area contributed by atoms with Crippen LogP contribution in [0.3, 0.4) is 0 Å². The molecule has 5 nitrogen and oxygen atoms in total. The minimum Gasteiger partial charge on any atom is -0.356 e. The number of halogens is 3. The number of rotatable bonds is 5. The molecule has 1 amide bonds. The molecular weight excluding hydrogens is 321 g/mol. The van der Waals surface area contributed by atoms with Crippen molar-refractivity contribution in [1.29, 1.82) is 5.26 Å². The third kappa shape index (κ3) is 4.46. The molecule has 1 rings (SSSR count). The van der Waals surface area contributed by atoms with Gasteiger partial charge in [0.05, 0.1) is 27.8 Å². The Morgan fingerprint density at radius 3 is 2.50 bits per heavy atom. The Labute approximate surface area is 125 Å². The highest BCUT2D eigenvalue weighted by molar-refractivity contribution is 7.91. The van der Waals surface area contributed by atoms with Gasteiger partial charge < -0.3 is 5.32 Å². The smallest absolute Gasteiger partial charge is 0.356 e. The normalized spacial score (nSPS) is 11.8. The second-order valence-electron chi connectivity index (χ2n) is 4.34. The molecule has 0 aliphatic carbocycles. The van der Waals surface area contributed by atoms with Crippen LogP contribution in [0.1, 0.15) is 24.5 Å². The van der Waals surface area contributed by atoms with Crippen molar-refractivity contribution in [3.05, 3.63) is 29.3 Å². The van der Waals surface area contributed by atoms with Gasteiger partial charge in [-0.25, -0.2) is 8.42 Å². The molecule has 1 aromatic rings. The number of nitriles is 1. The molecule has 0 radical (unpaired) electrons. The molecule has 0 aliphatic heterocycles. The molecule has 0 unspecified atom stereocenters. The summed E-state index contributed by atoms with van der Waals surface area (Å²) < 4.78 is 62.4. The van der Waals surface area contributed by atoms with Gasteiger partial charge in [-0.3, -0.25) is 4.79 Å². The maximum Gasteiger partial charge on any atom is 0.417 e. The van der Waals surface area contributed by atoms with Gasteiger partial charge in [-0.2, -0.15) is 18.4 Å². The third-order valence-electron chi connectivity index (χ3n) is 2.75. The molecule has 0 aromatic heterocycles. The number of nitrogens with zero attached hydrogens (tertiary/aromatic N) is 1. The zero-order valence-corrected chi connectivity index (χ0v) is 12.4. The van der Waals surface area contributed by atoms with Crippen LogP contribution in [0.25, 0.3) is 0 Å². The quantitative estimate of drug-likeness (QED) is 0.890. The molecule has 22 heavy (non-hydrogen) atoms. The summed E-state index contributed by atoms with van der Waals surface area (Å²) in [5.41, 5.74) is -1.97. The molecule has 0 heterocycles. The first-order valence-electron chi connectivity index (χ1n) is 6.22. The van der Waals surface area contributed by atoms with Crippen molar-refractivity contribution < 1.29 is 26.4 Å². The topological polar surface area (TPSA) is 87.0 Å². The van der Waals surface area contributed by atoms with Gasteiger partial charge in [0.1, 0.15) is 0 Å². The van der Waals surface area contributed by atoms with Crippen LogP contribution in [0.2, 0.25) is 0 Å². The van der Waals surface area contributed by atoms with Crippen LogP contribution in [0.4, 0.5) is 13.2 Å². The van der Waals surface area contributed by atoms with Gasteiger partial charge in [-0.05, 0) is 25.1 Å². The summed E-state index contributed by atoms with van der Waals surface area (Å²) in [6.45, 7) is 1.98. The van der Waals surface area contributed by atoms with E-state index in [4.69, 9.17) is 5.26 Å². The lowest BCUT2D eigenvalue weighted by atomic mass is 10.1. The second kappa shape index (κ2) is 6.79. The summed E-state index contributed by atoms with van der Waals surface area (Å²) >= 11 is 0. The molecular formula is C13H13F3N2O3S. The Bertz CT molecular complexity index is 706. The maximum absolute atomic E-state index is 12.8. The van der Waals surface area contributed by atoms with Crippen LogP contribution in [-0.4, -0.2) is 26.6 Å². The zero-order chi connectivity index (χ0) is 17.0. The van der Waals surface area contributed by atoms with E-state index >= 15 is 0 Å². The molecule has 0 fully saturated rings. The number of sulfone groups is 1. The monoisotopic (exact) mass is 334 g/mol. The van der Waals surface area contributed by atoms with Crippen molar-refractivity contribution in [2.75, 3.05) is 12.3 Å². The number of alkyl halides is 3. The van der Waals surface area contributed by atoms with E-state index in [1.165, 1.54) is 6.07 Å². The minimum atomic E-state index is -4.84. The SMILES string of the molecule is CCNC(=O)CCS(=O)(=O)c1ccc(C#N)c(C(F)(F)F)c1. The third-order valence-corrected chi connectivity index (χ3v) is 4.46. The van der Waals surface area contributed by atoms with Gasteiger partial charge in [-0.15, -0.1) is 0 Å². The van der Waals surface area contributed by atoms with E-state index in [0.29, 0.717) is 12.6 Å². The van der Waals surface area contributed by atoms with Gasteiger partial charge in [0, 0.05) is 13.0 Å². The molecule has 0 bridgehead atoms. The fraction of sp³-hybridized carbons (Fsp3) is 0.385. The van der Waals surface area contributed by atoms with Crippen LogP contribution in [0.5, 0.6) is 0 Å². The second-order valence-corrected chi connectivity index (χ2v) is 6.45. The summed E-state index contributed by atoms with van der Waals surface area (Å²) in [6.07, 6.45) is -5.19. The number of hydrogen-bond acceptors (Lipinski definition) is 4. The van der Waals surface area contributed by atoms with E-state index in [1.807, 2.05) is 0 Å². The number of nitrogens with one attached hydrogen (secondary N) is 1. The number of carbonyl (C=O) groups excluding carboxylic acids is 1. The average molecular weight is 334 g/mol. The Hall–Kier alpha value is -2.08. The molecule has 120 valence electrons. The summed E-state index contributed by atoms with van der Waals surface area (Å²) in [6, 6.07) is 3.53. The first-order chi connectivity index (χ1) is 10.1. The highest BCUT2D eigenvalue weighted by atomic mass is 32.2. The first kappa shape index (κ1) is 18.0. The lowest BCUT2D eigenvalue weighted by Gasteiger charge is -2.11. The van der Waals surface area contributed by atoms with Crippen molar-refractivity contribution in [3.63, 3.8) is 0 Å². The van der Waals surface area contributed by atoms with Crippen molar-refractivity contribution in [1.82, 2.24) is 5.32 Å². The fourth-order valence-corrected chi connectivity index (χ4v) is 2.94. The number of carbonyl (C=O) groups is 1. The van der Waals surface area contributed by atoms with E-state index in [2.05, 4.69) is 5.32 Å². The number of amides is 1. The highest BCUT2D eigenvalue weighted by Gasteiger charge is 2.35. The van der Waals surface area contributed by atoms with Crippen molar-refractivity contribution in [2.24, 2.45) is 0 Å². The van der Waals surface area contributed by atoms with E-state index in [0.717, 1.165) is 12.1 Å². The fourth-order valence-electron chi connectivity index (χ4n) is 1.68. The Kier molecular flexibility index (Phi) is 5.54. The predicted octanol–water partition coefficient (Wildman–Crippen LogP) is 1.88. The number of benzene rings is 1. The summed E-state index contributed by atoms with van der Waals surface area (Å²) in [7, 11) is -4.05. The maximum atomic E-state index is 12.8. The Morgan fingerprint density at radius 1 is 1.36 bits per heavy atom. The van der Waals surface area contributed by atoms with Crippen LogP contribution >= 0.6 is 0 Å². The molecule has 0 aliphatic rings. The average Bonchev–Trinajstić information content (AvgIpc) is 2.44. The van der Waals surface area contributed by atoms with Gasteiger partial charge in [0.25, 0.3) is 0 Å². The Balaban J connectivity index is 3.11. The van der Waals surface area contributed by atoms with Crippen LogP contribution in [-0.2, 0) is 20.8 Å². The van der Waals surface area contributed by atoms with E-state index in [-0.39, 0.29) is 6.42 Å². The summed E-state index contributed by atoms with van der Waals surface area (Å²) in [4.78, 5) is 10.7. The predicted molar refractivity (Wildman–Crippen MR) is 71.5 cm³/mol. The van der Waals surface area contributed by atoms with Crippen LogP contribution < -0.4 is 5.32 Å². The summed E-state index contributed by atoms with van der Waals surface area (Å²) in [5.74, 6) is -1.11. The first-order valence-corrected chi connectivity index (χ1v) is 7.88. The van der Waals surface area contributed by atoms with Gasteiger partial charge in [0.15, 0.2) is 9.84 Å². The van der Waals surface area contributed by atoms with Crippen LogP contribution in [0, 0.1) is 11.3 Å². The lowest BCUT2D eigenvalue weighted by Crippen LogP contribution is -2.25. The summed E-state index contributed by atoms with van der Waals surface area (Å²) in [5, 5.41) is 11.1. The van der Waals surface area contributed by atoms with Crippen LogP contribution in [0.15, 0.2) is 23.1 Å². The molecule has 0 spiro atoms. The highest BCUT2D eigenvalue weighted by Crippen LogP contribution is 2.33. The van der Waals surface area contributed by atoms with Crippen molar-refractivity contribution in [3.8, 4) is 6.07 Å². The molecule has 0 saturated heterocycles. The van der Waals surface area contributed by atoms with Crippen molar-refractivity contribution >= 4 is 15.7 Å². The standard InChI is InChI=1S/C13H13F3N2O3S/c1-2-18-12(19)5-6-22(20,21)10-4-3-9(8-17)11(7-10)13(14,15)16/h3-4,7H,2,5-6H2,1H3,(H,18,19). The van der Waals surface area contributed by atoms with Gasteiger partial charge in [-0.1, -0.05) is 0 Å². The minimum absolute atomic E-state index is 0.327. The van der Waals surface area contributed by atoms with Gasteiger partial charge >= 0.3 is 6.18 Å². The molecule has 1 aromatic carbocycles. The largest absolute Gasteiger partial charge is 0.417 e. The van der Waals surface area contributed by atoms with E-state index in [1.54, 1.807) is 6.92 Å². The molecule has 0 atom stereocenters. The molecule has 1 N–H and O–H groups in total. The number of hydrogen-bond donors (Lipinski definition) is 1. The zero-order valence-electron chi connectivity index (χ0n) is 11.6. The molecule has 0 saturated carbocycles. The van der Waals surface area contributed by atoms with Crippen molar-refractivity contribution in [2.45, 2.75) is 24.4 Å². The van der Waals surface area contributed by atoms with E-state index < -0.39 is 43.7 Å². The van der Waals surface area contributed by atoms with E-state index in [9.17, 15) is 26.4 Å². The Morgan fingerprint density at radius 2 is 2.00 bits per heavy atom. The van der Waals surface area contributed by atoms with Gasteiger partial charge in [0.2, 0.25) is 5.91 Å². The lowest BCUT2D eigenvalue weighted by molar-refractivity contribution is -0.138.